The first-order valence-corrected chi connectivity index (χ1v) is 9.17. The molecule has 1 saturated heterocycles. The minimum absolute atomic E-state index is 0.0918. The molecule has 1 heterocycles. The average Bonchev–Trinajstić information content (AvgIpc) is 2.72. The van der Waals surface area contributed by atoms with E-state index in [1.54, 1.807) is 18.7 Å². The minimum atomic E-state index is 0.0918. The number of hydrogen-bond acceptors (Lipinski definition) is 3. The molecule has 0 radical (unpaired) electrons. The molecule has 1 aromatic rings. The average molecular weight is 385 g/mol. The van der Waals surface area contributed by atoms with E-state index >= 15 is 0 Å². The molecule has 0 N–H and O–H groups in total. The number of aryl methyl sites for hydroxylation is 1. The maximum atomic E-state index is 12.4. The number of nitrogens with zero attached hydrogens (tertiary/aromatic N) is 2. The molecule has 0 aliphatic carbocycles. The summed E-state index contributed by atoms with van der Waals surface area (Å²) >= 11 is 5.03. The van der Waals surface area contributed by atoms with Gasteiger partial charge in [0, 0.05) is 42.5 Å². The van der Waals surface area contributed by atoms with Gasteiger partial charge in [0.1, 0.15) is 0 Å². The Morgan fingerprint density at radius 2 is 1.86 bits per heavy atom. The van der Waals surface area contributed by atoms with E-state index in [0.29, 0.717) is 18.8 Å². The van der Waals surface area contributed by atoms with Gasteiger partial charge in [0.05, 0.1) is 5.75 Å². The largest absolute Gasteiger partial charge is 0.341 e. The maximum Gasteiger partial charge on any atom is 0.232 e. The summed E-state index contributed by atoms with van der Waals surface area (Å²) in [6.45, 7) is 6.40. The summed E-state index contributed by atoms with van der Waals surface area (Å²) in [5.74, 6) is 0.689. The van der Waals surface area contributed by atoms with Gasteiger partial charge in [-0.1, -0.05) is 15.9 Å². The van der Waals surface area contributed by atoms with Crippen LogP contribution in [-0.2, 0) is 9.59 Å². The summed E-state index contributed by atoms with van der Waals surface area (Å²) in [6, 6.07) is 6.09. The van der Waals surface area contributed by atoms with Gasteiger partial charge in [0.15, 0.2) is 0 Å². The number of carbonyl (C=O) groups excluding carboxylic acids is 2. The molecule has 120 valence electrons. The van der Waals surface area contributed by atoms with Gasteiger partial charge < -0.3 is 9.80 Å². The van der Waals surface area contributed by atoms with E-state index < -0.39 is 0 Å². The molecule has 1 fully saturated rings. The highest BCUT2D eigenvalue weighted by molar-refractivity contribution is 9.10. The molecule has 1 aliphatic heterocycles. The molecule has 22 heavy (non-hydrogen) atoms. The van der Waals surface area contributed by atoms with Crippen LogP contribution < -0.4 is 0 Å². The Bertz CT molecular complexity index is 565. The molecular weight excluding hydrogens is 364 g/mol. The summed E-state index contributed by atoms with van der Waals surface area (Å²) in [7, 11) is 0. The Labute approximate surface area is 144 Å². The van der Waals surface area contributed by atoms with Crippen LogP contribution in [0.25, 0.3) is 0 Å². The molecular formula is C16H21BrN2O2S. The highest BCUT2D eigenvalue weighted by Crippen LogP contribution is 2.25. The minimum Gasteiger partial charge on any atom is -0.341 e. The number of benzene rings is 1. The quantitative estimate of drug-likeness (QED) is 0.752. The van der Waals surface area contributed by atoms with Gasteiger partial charge in [-0.25, -0.2) is 0 Å². The summed E-state index contributed by atoms with van der Waals surface area (Å²) in [5, 5.41) is 0. The van der Waals surface area contributed by atoms with Crippen molar-refractivity contribution in [2.75, 3.05) is 31.9 Å². The van der Waals surface area contributed by atoms with Crippen molar-refractivity contribution >= 4 is 39.5 Å². The van der Waals surface area contributed by atoms with Crippen molar-refractivity contribution in [2.24, 2.45) is 0 Å². The Morgan fingerprint density at radius 3 is 2.55 bits per heavy atom. The van der Waals surface area contributed by atoms with Crippen molar-refractivity contribution in [3.05, 3.63) is 28.2 Å². The molecule has 0 saturated carbocycles. The molecule has 0 unspecified atom stereocenters. The molecule has 0 bridgehead atoms. The lowest BCUT2D eigenvalue weighted by atomic mass is 10.2. The first-order valence-electron chi connectivity index (χ1n) is 7.39. The van der Waals surface area contributed by atoms with E-state index in [1.807, 2.05) is 28.9 Å². The van der Waals surface area contributed by atoms with Crippen LogP contribution in [0.1, 0.15) is 18.9 Å². The molecule has 0 atom stereocenters. The third-order valence-corrected chi connectivity index (χ3v) is 5.44. The van der Waals surface area contributed by atoms with Crippen LogP contribution in [0.3, 0.4) is 0 Å². The van der Waals surface area contributed by atoms with Crippen LogP contribution in [-0.4, -0.2) is 53.5 Å². The van der Waals surface area contributed by atoms with Gasteiger partial charge in [0.25, 0.3) is 0 Å². The van der Waals surface area contributed by atoms with Crippen LogP contribution >= 0.6 is 27.7 Å². The van der Waals surface area contributed by atoms with Crippen molar-refractivity contribution in [3.8, 4) is 0 Å². The Hall–Kier alpha value is -1.01. The molecule has 0 spiro atoms. The molecule has 4 nitrogen and oxygen atoms in total. The lowest BCUT2D eigenvalue weighted by molar-refractivity contribution is -0.130. The molecule has 2 amide bonds. The van der Waals surface area contributed by atoms with Gasteiger partial charge in [-0.2, -0.15) is 0 Å². The second-order valence-electron chi connectivity index (χ2n) is 5.44. The summed E-state index contributed by atoms with van der Waals surface area (Å²) in [5.41, 5.74) is 1.17. The zero-order chi connectivity index (χ0) is 16.1. The van der Waals surface area contributed by atoms with Gasteiger partial charge in [-0.05, 0) is 37.1 Å². The lowest BCUT2D eigenvalue weighted by Gasteiger charge is -2.21. The van der Waals surface area contributed by atoms with E-state index in [4.69, 9.17) is 0 Å². The van der Waals surface area contributed by atoms with Crippen LogP contribution in [0.2, 0.25) is 0 Å². The second-order valence-corrected chi connectivity index (χ2v) is 7.37. The Morgan fingerprint density at radius 1 is 1.18 bits per heavy atom. The van der Waals surface area contributed by atoms with E-state index in [1.165, 1.54) is 5.56 Å². The highest BCUT2D eigenvalue weighted by atomic mass is 79.9. The van der Waals surface area contributed by atoms with Crippen LogP contribution in [0.5, 0.6) is 0 Å². The maximum absolute atomic E-state index is 12.4. The van der Waals surface area contributed by atoms with E-state index in [-0.39, 0.29) is 11.8 Å². The number of halogens is 1. The summed E-state index contributed by atoms with van der Waals surface area (Å²) < 4.78 is 1.05. The van der Waals surface area contributed by atoms with Crippen molar-refractivity contribution in [3.63, 3.8) is 0 Å². The standard InChI is InChI=1S/C16H21BrN2O2S/c1-12-10-14(17)4-5-15(12)22-11-16(21)19-7-3-6-18(8-9-19)13(2)20/h4-5,10H,3,6-9,11H2,1-2H3. The zero-order valence-electron chi connectivity index (χ0n) is 13.0. The number of rotatable bonds is 3. The molecule has 6 heteroatoms. The monoisotopic (exact) mass is 384 g/mol. The van der Waals surface area contributed by atoms with E-state index in [9.17, 15) is 9.59 Å². The fraction of sp³-hybridized carbons (Fsp3) is 0.500. The first-order chi connectivity index (χ1) is 10.5. The molecule has 0 aromatic heterocycles. The zero-order valence-corrected chi connectivity index (χ0v) is 15.4. The van der Waals surface area contributed by atoms with Crippen LogP contribution in [0, 0.1) is 6.92 Å². The third-order valence-electron chi connectivity index (χ3n) is 3.78. The second kappa shape index (κ2) is 8.02. The third kappa shape index (κ3) is 4.74. The van der Waals surface area contributed by atoms with Crippen molar-refractivity contribution in [1.82, 2.24) is 9.80 Å². The predicted molar refractivity (Wildman–Crippen MR) is 93.1 cm³/mol. The predicted octanol–water partition coefficient (Wildman–Crippen LogP) is 2.93. The number of carbonyl (C=O) groups is 2. The number of hydrogen-bond donors (Lipinski definition) is 0. The SMILES string of the molecule is CC(=O)N1CCCN(C(=O)CSc2ccc(Br)cc2C)CC1. The molecule has 1 aliphatic rings. The first kappa shape index (κ1) is 17.3. The normalized spacial score (nSPS) is 15.6. The summed E-state index contributed by atoms with van der Waals surface area (Å²) in [4.78, 5) is 28.6. The fourth-order valence-corrected chi connectivity index (χ4v) is 3.88. The molecule has 1 aromatic carbocycles. The lowest BCUT2D eigenvalue weighted by Crippen LogP contribution is -2.37. The van der Waals surface area contributed by atoms with E-state index in [0.717, 1.165) is 28.9 Å². The van der Waals surface area contributed by atoms with Gasteiger partial charge in [-0.15, -0.1) is 11.8 Å². The Kier molecular flexibility index (Phi) is 6.32. The topological polar surface area (TPSA) is 40.6 Å². The number of thioether (sulfide) groups is 1. The van der Waals surface area contributed by atoms with Crippen LogP contribution in [0.15, 0.2) is 27.6 Å². The number of amides is 2. The van der Waals surface area contributed by atoms with Gasteiger partial charge in [-0.3, -0.25) is 9.59 Å². The summed E-state index contributed by atoms with van der Waals surface area (Å²) in [6.07, 6.45) is 0.854. The fourth-order valence-electron chi connectivity index (χ4n) is 2.49. The van der Waals surface area contributed by atoms with E-state index in [2.05, 4.69) is 22.0 Å². The smallest absolute Gasteiger partial charge is 0.232 e. The Balaban J connectivity index is 1.88. The van der Waals surface area contributed by atoms with Crippen molar-refractivity contribution in [2.45, 2.75) is 25.2 Å². The van der Waals surface area contributed by atoms with Crippen molar-refractivity contribution in [1.29, 1.82) is 0 Å². The van der Waals surface area contributed by atoms with Crippen LogP contribution in [0.4, 0.5) is 0 Å². The van der Waals surface area contributed by atoms with Gasteiger partial charge >= 0.3 is 0 Å². The molecule has 2 rings (SSSR count). The highest BCUT2D eigenvalue weighted by Gasteiger charge is 2.20. The van der Waals surface area contributed by atoms with Gasteiger partial charge in [0.2, 0.25) is 11.8 Å². The van der Waals surface area contributed by atoms with Crippen molar-refractivity contribution < 1.29 is 9.59 Å².